The number of esters is 2. The van der Waals surface area contributed by atoms with Gasteiger partial charge in [0.15, 0.2) is 0 Å². The average Bonchev–Trinajstić information content (AvgIpc) is 3.57. The number of carbonyl (C=O) groups is 2. The maximum absolute atomic E-state index is 12.5. The molecule has 7 nitrogen and oxygen atoms in total. The quantitative estimate of drug-likeness (QED) is 0.302. The number of H-pyrrole nitrogens is 1. The van der Waals surface area contributed by atoms with E-state index in [-0.39, 0.29) is 5.54 Å². The Bertz CT molecular complexity index is 1450. The molecule has 5 rings (SSSR count). The minimum atomic E-state index is -5.34. The lowest BCUT2D eigenvalue weighted by molar-refractivity contribution is -0.193. The number of anilines is 1. The van der Waals surface area contributed by atoms with Gasteiger partial charge in [0.2, 0.25) is 0 Å². The van der Waals surface area contributed by atoms with Crippen LogP contribution in [0.15, 0.2) is 65.5 Å². The van der Waals surface area contributed by atoms with Crippen molar-refractivity contribution in [2.45, 2.75) is 50.9 Å². The van der Waals surface area contributed by atoms with Crippen LogP contribution in [0, 0.1) is 5.92 Å². The van der Waals surface area contributed by atoms with Crippen LogP contribution in [0.3, 0.4) is 0 Å². The van der Waals surface area contributed by atoms with Gasteiger partial charge in [-0.15, -0.1) is 0 Å². The predicted octanol–water partition coefficient (Wildman–Crippen LogP) is 5.00. The lowest BCUT2D eigenvalue weighted by atomic mass is 9.96. The number of hydrogen-bond donors (Lipinski definition) is 2. The summed E-state index contributed by atoms with van der Waals surface area (Å²) >= 11 is 0. The molecular weight excluding hydrogens is 523 g/mol. The Morgan fingerprint density at radius 1 is 1.10 bits per heavy atom. The topological polar surface area (TPSA) is 91.5 Å². The molecule has 2 aromatic carbocycles. The molecule has 1 saturated carbocycles. The Balaban J connectivity index is 1.26. The van der Waals surface area contributed by atoms with Gasteiger partial charge in [-0.1, -0.05) is 49.4 Å². The van der Waals surface area contributed by atoms with E-state index in [1.165, 1.54) is 24.5 Å². The third-order valence-corrected chi connectivity index (χ3v) is 7.91. The van der Waals surface area contributed by atoms with Gasteiger partial charge in [-0.3, -0.25) is 4.79 Å². The maximum Gasteiger partial charge on any atom is 0.491 e. The third-order valence-electron chi connectivity index (χ3n) is 7.91. The van der Waals surface area contributed by atoms with E-state index in [4.69, 9.17) is 0 Å². The van der Waals surface area contributed by atoms with Crippen LogP contribution in [0.25, 0.3) is 11.3 Å². The number of aryl methyl sites for hydroxylation is 1. The summed E-state index contributed by atoms with van der Waals surface area (Å²) in [6, 6.07) is 19.3. The Hall–Kier alpha value is -3.92. The van der Waals surface area contributed by atoms with Gasteiger partial charge in [-0.2, -0.15) is 13.2 Å². The smallest absolute Gasteiger partial charge is 0.382 e. The molecule has 3 aromatic rings. The summed E-state index contributed by atoms with van der Waals surface area (Å²) in [7, 11) is 0. The summed E-state index contributed by atoms with van der Waals surface area (Å²) in [4.78, 5) is 40.6. The van der Waals surface area contributed by atoms with E-state index < -0.39 is 29.2 Å². The molecule has 1 aliphatic heterocycles. The fraction of sp³-hybridized carbons (Fsp3) is 0.367. The van der Waals surface area contributed by atoms with Gasteiger partial charge in [0.05, 0.1) is 5.69 Å². The molecule has 1 aromatic heterocycles. The number of pyridine rings is 1. The van der Waals surface area contributed by atoms with Crippen LogP contribution in [0.4, 0.5) is 18.9 Å². The van der Waals surface area contributed by atoms with Crippen molar-refractivity contribution >= 4 is 17.6 Å². The number of rotatable bonds is 8. The van der Waals surface area contributed by atoms with E-state index in [1.807, 2.05) is 30.3 Å². The van der Waals surface area contributed by atoms with Crippen LogP contribution in [0.5, 0.6) is 0 Å². The van der Waals surface area contributed by atoms with Crippen LogP contribution in [-0.4, -0.2) is 41.7 Å². The largest absolute Gasteiger partial charge is 0.491 e. The summed E-state index contributed by atoms with van der Waals surface area (Å²) in [5.41, 5.74) is 2.62. The van der Waals surface area contributed by atoms with Crippen LogP contribution >= 0.6 is 0 Å². The van der Waals surface area contributed by atoms with Gasteiger partial charge < -0.3 is 19.9 Å². The first-order valence-corrected chi connectivity index (χ1v) is 13.3. The minimum absolute atomic E-state index is 0.188. The van der Waals surface area contributed by atoms with Gasteiger partial charge in [-0.25, -0.2) is 9.59 Å². The molecule has 2 aliphatic rings. The average molecular weight is 554 g/mol. The van der Waals surface area contributed by atoms with Crippen LogP contribution < -0.4 is 15.8 Å². The number of benzene rings is 2. The summed E-state index contributed by atoms with van der Waals surface area (Å²) < 4.78 is 41.2. The molecule has 10 heteroatoms. The van der Waals surface area contributed by atoms with Crippen molar-refractivity contribution in [3.63, 3.8) is 0 Å². The lowest BCUT2D eigenvalue weighted by Gasteiger charge is -2.26. The minimum Gasteiger partial charge on any atom is -0.382 e. The van der Waals surface area contributed by atoms with Gasteiger partial charge in [-0.05, 0) is 66.5 Å². The highest BCUT2D eigenvalue weighted by molar-refractivity contribution is 5.98. The van der Waals surface area contributed by atoms with E-state index in [1.54, 1.807) is 6.92 Å². The first-order valence-electron chi connectivity index (χ1n) is 13.3. The van der Waals surface area contributed by atoms with Gasteiger partial charge in [0, 0.05) is 30.9 Å². The second-order valence-corrected chi connectivity index (χ2v) is 10.4. The highest BCUT2D eigenvalue weighted by Crippen LogP contribution is 2.47. The van der Waals surface area contributed by atoms with Crippen molar-refractivity contribution in [1.29, 1.82) is 0 Å². The zero-order chi connectivity index (χ0) is 28.5. The number of halogens is 3. The number of hydrogen-bond acceptors (Lipinski definition) is 6. The number of aromatic amines is 1. The summed E-state index contributed by atoms with van der Waals surface area (Å²) in [6.07, 6.45) is -1.50. The van der Waals surface area contributed by atoms with E-state index in [9.17, 15) is 27.6 Å². The van der Waals surface area contributed by atoms with Crippen molar-refractivity contribution in [1.82, 2.24) is 10.3 Å². The number of aromatic nitrogens is 1. The van der Waals surface area contributed by atoms with Crippen LogP contribution in [0.2, 0.25) is 0 Å². The summed E-state index contributed by atoms with van der Waals surface area (Å²) in [5.74, 6) is -3.76. The zero-order valence-corrected chi connectivity index (χ0v) is 22.0. The van der Waals surface area contributed by atoms with Crippen molar-refractivity contribution in [2.24, 2.45) is 5.92 Å². The fourth-order valence-corrected chi connectivity index (χ4v) is 5.48. The molecule has 210 valence electrons. The molecule has 2 heterocycles. The first kappa shape index (κ1) is 27.6. The molecule has 1 unspecified atom stereocenters. The standard InChI is InChI=1S/C30H30F3N3O4/c1-2-20-16-24(27(38)40-28(39)30(31,32)33)26(37)35-25(20)21-8-10-23(11-9-21)36-15-12-22(18-36)29(13-14-29)34-17-19-6-4-3-5-7-19/h3-11,16,22,34H,2,12-15,17-18H2,1H3,(H,35,37). The summed E-state index contributed by atoms with van der Waals surface area (Å²) in [5, 5.41) is 3.81. The Morgan fingerprint density at radius 3 is 2.42 bits per heavy atom. The maximum atomic E-state index is 12.5. The van der Waals surface area contributed by atoms with Crippen LogP contribution in [-0.2, 0) is 22.5 Å². The van der Waals surface area contributed by atoms with Gasteiger partial charge in [0.1, 0.15) is 5.56 Å². The Labute approximate surface area is 229 Å². The Morgan fingerprint density at radius 2 is 1.80 bits per heavy atom. The molecule has 1 saturated heterocycles. The highest BCUT2D eigenvalue weighted by atomic mass is 19.4. The SMILES string of the molecule is CCc1cc(C(=O)OC(=O)C(F)(F)F)c(=O)[nH]c1-c1ccc(N2CCC(C3(NCc4ccccc4)CC3)C2)cc1. The molecule has 0 bridgehead atoms. The van der Waals surface area contributed by atoms with E-state index >= 15 is 0 Å². The fourth-order valence-electron chi connectivity index (χ4n) is 5.48. The molecule has 2 fully saturated rings. The van der Waals surface area contributed by atoms with E-state index in [2.05, 4.69) is 44.2 Å². The molecule has 0 amide bonds. The van der Waals surface area contributed by atoms with Crippen molar-refractivity contribution in [3.8, 4) is 11.3 Å². The summed E-state index contributed by atoms with van der Waals surface area (Å²) in [6.45, 7) is 4.54. The number of alkyl halides is 3. The first-order chi connectivity index (χ1) is 19.1. The lowest BCUT2D eigenvalue weighted by Crippen LogP contribution is -2.39. The highest BCUT2D eigenvalue weighted by Gasteiger charge is 2.50. The normalized spacial score (nSPS) is 18.0. The molecule has 0 spiro atoms. The van der Waals surface area contributed by atoms with E-state index in [0.29, 0.717) is 29.2 Å². The molecule has 2 N–H and O–H groups in total. The monoisotopic (exact) mass is 553 g/mol. The number of carbonyl (C=O) groups excluding carboxylic acids is 2. The van der Waals surface area contributed by atoms with Crippen molar-refractivity contribution in [3.05, 3.63) is 87.7 Å². The van der Waals surface area contributed by atoms with Crippen molar-refractivity contribution < 1.29 is 27.5 Å². The van der Waals surface area contributed by atoms with Gasteiger partial charge >= 0.3 is 18.1 Å². The van der Waals surface area contributed by atoms with Crippen molar-refractivity contribution in [2.75, 3.05) is 18.0 Å². The molecule has 1 aliphatic carbocycles. The molecular formula is C30H30F3N3O4. The number of nitrogens with one attached hydrogen (secondary N) is 2. The third kappa shape index (κ3) is 5.82. The Kier molecular flexibility index (Phi) is 7.55. The molecule has 0 radical (unpaired) electrons. The number of ether oxygens (including phenoxy) is 1. The molecule has 40 heavy (non-hydrogen) atoms. The predicted molar refractivity (Wildman–Crippen MR) is 144 cm³/mol. The van der Waals surface area contributed by atoms with Crippen LogP contribution in [0.1, 0.15) is 47.7 Å². The second kappa shape index (κ2) is 10.9. The zero-order valence-electron chi connectivity index (χ0n) is 22.0. The second-order valence-electron chi connectivity index (χ2n) is 10.4. The van der Waals surface area contributed by atoms with E-state index in [0.717, 1.165) is 31.7 Å². The molecule has 1 atom stereocenters. The van der Waals surface area contributed by atoms with Gasteiger partial charge in [0.25, 0.3) is 5.56 Å². The number of nitrogens with zero attached hydrogens (tertiary/aromatic N) is 1.